The van der Waals surface area contributed by atoms with Crippen molar-refractivity contribution in [3.63, 3.8) is 0 Å². The number of ether oxygens (including phenoxy) is 1. The molecule has 3 aromatic rings. The Morgan fingerprint density at radius 3 is 2.61 bits per heavy atom. The predicted octanol–water partition coefficient (Wildman–Crippen LogP) is 4.42. The van der Waals surface area contributed by atoms with Crippen LogP contribution in [0, 0.1) is 6.92 Å². The molecule has 0 fully saturated rings. The van der Waals surface area contributed by atoms with Gasteiger partial charge in [0.05, 0.1) is 11.8 Å². The van der Waals surface area contributed by atoms with Crippen molar-refractivity contribution >= 4 is 33.2 Å². The Morgan fingerprint density at radius 2 is 1.96 bits per heavy atom. The molecule has 0 saturated carbocycles. The molecule has 2 N–H and O–H groups in total. The molecule has 3 rings (SSSR count). The Kier molecular flexibility index (Phi) is 4.05. The third-order valence-electron chi connectivity index (χ3n) is 3.44. The molecule has 0 aliphatic carbocycles. The largest absolute Gasteiger partial charge is 0.459 e. The highest BCUT2D eigenvalue weighted by Crippen LogP contribution is 2.39. The van der Waals surface area contributed by atoms with Crippen molar-refractivity contribution in [3.8, 4) is 11.1 Å². The molecule has 23 heavy (non-hydrogen) atoms. The summed E-state index contributed by atoms with van der Waals surface area (Å²) >= 11 is 1.29. The van der Waals surface area contributed by atoms with Crippen LogP contribution in [0.1, 0.15) is 29.2 Å². The average Bonchev–Trinajstić information content (AvgIpc) is 2.83. The predicted molar refractivity (Wildman–Crippen MR) is 94.8 cm³/mol. The summed E-state index contributed by atoms with van der Waals surface area (Å²) in [5.41, 5.74) is 9.65. The minimum Gasteiger partial charge on any atom is -0.459 e. The number of nitrogens with zero attached hydrogens (tertiary/aromatic N) is 1. The number of hydrogen-bond acceptors (Lipinski definition) is 5. The summed E-state index contributed by atoms with van der Waals surface area (Å²) in [4.78, 5) is 18.0. The number of pyridine rings is 1. The van der Waals surface area contributed by atoms with E-state index in [0.717, 1.165) is 27.0 Å². The molecule has 0 amide bonds. The molecular formula is C18H18N2O2S. The van der Waals surface area contributed by atoms with Crippen molar-refractivity contribution in [2.45, 2.75) is 26.9 Å². The van der Waals surface area contributed by atoms with Gasteiger partial charge in [-0.25, -0.2) is 9.78 Å². The van der Waals surface area contributed by atoms with Crippen LogP contribution in [0.25, 0.3) is 21.3 Å². The Hall–Kier alpha value is -2.40. The second-order valence-corrected chi connectivity index (χ2v) is 6.66. The Labute approximate surface area is 138 Å². The monoisotopic (exact) mass is 326 g/mol. The van der Waals surface area contributed by atoms with Crippen LogP contribution in [0.4, 0.5) is 5.69 Å². The van der Waals surface area contributed by atoms with E-state index in [4.69, 9.17) is 10.5 Å². The van der Waals surface area contributed by atoms with Gasteiger partial charge in [0.2, 0.25) is 0 Å². The number of thiophene rings is 1. The standard InChI is InChI=1S/C18H18N2O2S/c1-10(2)22-18(21)16-15(19)14-13(12-7-5-4-6-8-12)9-11(3)20-17(14)23-16/h4-10H,19H2,1-3H3. The molecule has 118 valence electrons. The van der Waals surface area contributed by atoms with E-state index in [2.05, 4.69) is 4.98 Å². The zero-order valence-corrected chi connectivity index (χ0v) is 14.1. The quantitative estimate of drug-likeness (QED) is 0.724. The molecule has 0 bridgehead atoms. The molecule has 0 atom stereocenters. The van der Waals surface area contributed by atoms with Crippen LogP contribution in [0.3, 0.4) is 0 Å². The molecule has 0 aliphatic rings. The van der Waals surface area contributed by atoms with Crippen LogP contribution in [-0.2, 0) is 4.74 Å². The molecule has 0 aliphatic heterocycles. The second-order valence-electron chi connectivity index (χ2n) is 5.66. The first-order chi connectivity index (χ1) is 11.0. The Bertz CT molecular complexity index is 870. The van der Waals surface area contributed by atoms with E-state index in [-0.39, 0.29) is 6.10 Å². The van der Waals surface area contributed by atoms with Gasteiger partial charge in [-0.2, -0.15) is 0 Å². The number of hydrogen-bond donors (Lipinski definition) is 1. The van der Waals surface area contributed by atoms with Crippen molar-refractivity contribution in [2.24, 2.45) is 0 Å². The van der Waals surface area contributed by atoms with E-state index in [0.29, 0.717) is 10.6 Å². The number of benzene rings is 1. The third-order valence-corrected chi connectivity index (χ3v) is 4.52. The van der Waals surface area contributed by atoms with Gasteiger partial charge in [-0.15, -0.1) is 11.3 Å². The van der Waals surface area contributed by atoms with Crippen molar-refractivity contribution in [3.05, 3.63) is 47.0 Å². The van der Waals surface area contributed by atoms with E-state index in [1.54, 1.807) is 0 Å². The average molecular weight is 326 g/mol. The van der Waals surface area contributed by atoms with Gasteiger partial charge in [-0.05, 0) is 38.0 Å². The summed E-state index contributed by atoms with van der Waals surface area (Å²) in [7, 11) is 0. The van der Waals surface area contributed by atoms with E-state index in [9.17, 15) is 4.79 Å². The number of fused-ring (bicyclic) bond motifs is 1. The molecule has 0 spiro atoms. The molecule has 2 heterocycles. The molecule has 1 aromatic carbocycles. The summed E-state index contributed by atoms with van der Waals surface area (Å²) in [6.45, 7) is 5.58. The number of carbonyl (C=O) groups excluding carboxylic acids is 1. The molecule has 0 saturated heterocycles. The van der Waals surface area contributed by atoms with Crippen LogP contribution in [0.5, 0.6) is 0 Å². The molecule has 0 unspecified atom stereocenters. The Morgan fingerprint density at radius 1 is 1.26 bits per heavy atom. The van der Waals surface area contributed by atoms with Crippen LogP contribution in [-0.4, -0.2) is 17.1 Å². The number of esters is 1. The van der Waals surface area contributed by atoms with Crippen LogP contribution in [0.15, 0.2) is 36.4 Å². The van der Waals surface area contributed by atoms with Gasteiger partial charge in [0, 0.05) is 11.1 Å². The smallest absolute Gasteiger partial charge is 0.350 e. The summed E-state index contributed by atoms with van der Waals surface area (Å²) in [6.07, 6.45) is -0.185. The fraction of sp³-hybridized carbons (Fsp3) is 0.222. The lowest BCUT2D eigenvalue weighted by Gasteiger charge is -2.07. The number of anilines is 1. The van der Waals surface area contributed by atoms with Crippen molar-refractivity contribution < 1.29 is 9.53 Å². The topological polar surface area (TPSA) is 65.2 Å². The van der Waals surface area contributed by atoms with Crippen LogP contribution in [0.2, 0.25) is 0 Å². The normalized spacial score (nSPS) is 11.1. The number of nitrogens with two attached hydrogens (primary N) is 1. The number of nitrogen functional groups attached to an aromatic ring is 1. The molecule has 4 nitrogen and oxygen atoms in total. The van der Waals surface area contributed by atoms with E-state index in [1.165, 1.54) is 11.3 Å². The van der Waals surface area contributed by atoms with Gasteiger partial charge < -0.3 is 10.5 Å². The zero-order chi connectivity index (χ0) is 16.6. The highest BCUT2D eigenvalue weighted by atomic mass is 32.1. The first-order valence-electron chi connectivity index (χ1n) is 7.43. The highest BCUT2D eigenvalue weighted by molar-refractivity contribution is 7.21. The lowest BCUT2D eigenvalue weighted by molar-refractivity contribution is 0.0385. The molecular weight excluding hydrogens is 308 g/mol. The minimum absolute atomic E-state index is 0.185. The Balaban J connectivity index is 2.23. The molecule has 2 aromatic heterocycles. The summed E-state index contributed by atoms with van der Waals surface area (Å²) in [5, 5.41) is 0.822. The van der Waals surface area contributed by atoms with Crippen molar-refractivity contribution in [2.75, 3.05) is 5.73 Å². The fourth-order valence-corrected chi connectivity index (χ4v) is 3.56. The lowest BCUT2D eigenvalue weighted by atomic mass is 10.0. The maximum Gasteiger partial charge on any atom is 0.350 e. The van der Waals surface area contributed by atoms with Gasteiger partial charge in [0.1, 0.15) is 9.71 Å². The van der Waals surface area contributed by atoms with Crippen molar-refractivity contribution in [1.82, 2.24) is 4.98 Å². The second kappa shape index (κ2) is 6.01. The fourth-order valence-electron chi connectivity index (χ4n) is 2.51. The lowest BCUT2D eigenvalue weighted by Crippen LogP contribution is -2.11. The van der Waals surface area contributed by atoms with Crippen LogP contribution < -0.4 is 5.73 Å². The molecule has 0 radical (unpaired) electrons. The number of aryl methyl sites for hydroxylation is 1. The van der Waals surface area contributed by atoms with Crippen molar-refractivity contribution in [1.29, 1.82) is 0 Å². The van der Waals surface area contributed by atoms with Crippen LogP contribution >= 0.6 is 11.3 Å². The van der Waals surface area contributed by atoms with E-state index < -0.39 is 5.97 Å². The summed E-state index contributed by atoms with van der Waals surface area (Å²) in [5.74, 6) is -0.392. The summed E-state index contributed by atoms with van der Waals surface area (Å²) < 4.78 is 5.29. The van der Waals surface area contributed by atoms with E-state index in [1.807, 2.05) is 57.2 Å². The number of aromatic nitrogens is 1. The summed E-state index contributed by atoms with van der Waals surface area (Å²) in [6, 6.07) is 12.0. The van der Waals surface area contributed by atoms with Gasteiger partial charge in [-0.1, -0.05) is 30.3 Å². The SMILES string of the molecule is Cc1cc(-c2ccccc2)c2c(N)c(C(=O)OC(C)C)sc2n1. The first-order valence-corrected chi connectivity index (χ1v) is 8.25. The van der Waals surface area contributed by atoms with Gasteiger partial charge in [-0.3, -0.25) is 0 Å². The highest BCUT2D eigenvalue weighted by Gasteiger charge is 2.22. The van der Waals surface area contributed by atoms with Gasteiger partial charge in [0.25, 0.3) is 0 Å². The maximum atomic E-state index is 12.3. The minimum atomic E-state index is -0.392. The number of carbonyl (C=O) groups is 1. The third kappa shape index (κ3) is 2.92. The van der Waals surface area contributed by atoms with E-state index >= 15 is 0 Å². The molecule has 5 heteroatoms. The zero-order valence-electron chi connectivity index (χ0n) is 13.3. The number of rotatable bonds is 3. The first kappa shape index (κ1) is 15.5. The maximum absolute atomic E-state index is 12.3. The van der Waals surface area contributed by atoms with Gasteiger partial charge >= 0.3 is 5.97 Å². The van der Waals surface area contributed by atoms with Gasteiger partial charge in [0.15, 0.2) is 0 Å².